The Morgan fingerprint density at radius 1 is 1.08 bits per heavy atom. The van der Waals surface area contributed by atoms with E-state index in [0.29, 0.717) is 24.0 Å². The highest BCUT2D eigenvalue weighted by Gasteiger charge is 2.09. The van der Waals surface area contributed by atoms with Gasteiger partial charge in [0, 0.05) is 30.6 Å². The minimum Gasteiger partial charge on any atom is -0.439 e. The Morgan fingerprint density at radius 2 is 2.04 bits per heavy atom. The Balaban J connectivity index is 1.56. The molecule has 4 rings (SSSR count). The molecule has 0 spiro atoms. The molecule has 0 fully saturated rings. The molecule has 0 aliphatic rings. The van der Waals surface area contributed by atoms with E-state index in [2.05, 4.69) is 25.3 Å². The van der Waals surface area contributed by atoms with Crippen LogP contribution in [-0.2, 0) is 6.54 Å². The summed E-state index contributed by atoms with van der Waals surface area (Å²) >= 11 is 0. The first-order chi connectivity index (χ1) is 12.3. The summed E-state index contributed by atoms with van der Waals surface area (Å²) in [5.74, 6) is 1.17. The molecular formula is C18H14FN5O. The van der Waals surface area contributed by atoms with Gasteiger partial charge in [0.1, 0.15) is 29.4 Å². The third-order valence-corrected chi connectivity index (χ3v) is 3.66. The van der Waals surface area contributed by atoms with Crippen LogP contribution in [0.4, 0.5) is 10.2 Å². The largest absolute Gasteiger partial charge is 0.439 e. The third kappa shape index (κ3) is 3.25. The predicted molar refractivity (Wildman–Crippen MR) is 91.9 cm³/mol. The van der Waals surface area contributed by atoms with Crippen LogP contribution in [0.1, 0.15) is 5.56 Å². The van der Waals surface area contributed by atoms with E-state index < -0.39 is 0 Å². The molecule has 0 unspecified atom stereocenters. The highest BCUT2D eigenvalue weighted by Crippen LogP contribution is 2.25. The first kappa shape index (κ1) is 15.1. The maximum Gasteiger partial charge on any atom is 0.224 e. The van der Waals surface area contributed by atoms with Crippen molar-refractivity contribution in [3.8, 4) is 11.6 Å². The van der Waals surface area contributed by atoms with Crippen LogP contribution in [0.5, 0.6) is 11.6 Å². The summed E-state index contributed by atoms with van der Waals surface area (Å²) in [6.45, 7) is 0.454. The maximum absolute atomic E-state index is 13.3. The summed E-state index contributed by atoms with van der Waals surface area (Å²) in [5, 5.41) is 4.16. The fourth-order valence-electron chi connectivity index (χ4n) is 2.48. The Morgan fingerprint density at radius 3 is 2.96 bits per heavy atom. The van der Waals surface area contributed by atoms with Gasteiger partial charge in [0.05, 0.1) is 5.39 Å². The van der Waals surface area contributed by atoms with Crippen molar-refractivity contribution < 1.29 is 9.13 Å². The lowest BCUT2D eigenvalue weighted by Gasteiger charge is -2.11. The molecule has 6 nitrogen and oxygen atoms in total. The van der Waals surface area contributed by atoms with Crippen LogP contribution in [0.2, 0.25) is 0 Å². The molecule has 0 aliphatic heterocycles. The topological polar surface area (TPSA) is 75.7 Å². The normalized spacial score (nSPS) is 10.8. The van der Waals surface area contributed by atoms with E-state index >= 15 is 0 Å². The summed E-state index contributed by atoms with van der Waals surface area (Å²) in [4.78, 5) is 15.7. The lowest BCUT2D eigenvalue weighted by molar-refractivity contribution is 0.452. The molecule has 0 saturated heterocycles. The van der Waals surface area contributed by atoms with Crippen LogP contribution < -0.4 is 10.1 Å². The molecule has 2 N–H and O–H groups in total. The van der Waals surface area contributed by atoms with E-state index in [9.17, 15) is 4.39 Å². The second kappa shape index (κ2) is 6.56. The molecule has 1 aromatic carbocycles. The van der Waals surface area contributed by atoms with Crippen molar-refractivity contribution in [1.29, 1.82) is 0 Å². The van der Waals surface area contributed by atoms with Gasteiger partial charge in [-0.3, -0.25) is 0 Å². The lowest BCUT2D eigenvalue weighted by atomic mass is 10.2. The third-order valence-electron chi connectivity index (χ3n) is 3.66. The van der Waals surface area contributed by atoms with Crippen LogP contribution >= 0.6 is 0 Å². The number of nitrogens with zero attached hydrogens (tertiary/aromatic N) is 3. The zero-order valence-corrected chi connectivity index (χ0v) is 13.1. The van der Waals surface area contributed by atoms with Gasteiger partial charge in [-0.15, -0.1) is 0 Å². The van der Waals surface area contributed by atoms with Crippen LogP contribution in [0.3, 0.4) is 0 Å². The number of hydrogen-bond acceptors (Lipinski definition) is 5. The minimum absolute atomic E-state index is 0.357. The highest BCUT2D eigenvalue weighted by molar-refractivity contribution is 5.86. The van der Waals surface area contributed by atoms with E-state index in [1.165, 1.54) is 18.5 Å². The highest BCUT2D eigenvalue weighted by atomic mass is 19.1. The molecule has 3 aromatic heterocycles. The van der Waals surface area contributed by atoms with E-state index in [4.69, 9.17) is 4.74 Å². The molecule has 0 aliphatic carbocycles. The van der Waals surface area contributed by atoms with Crippen molar-refractivity contribution in [3.05, 3.63) is 72.6 Å². The summed E-state index contributed by atoms with van der Waals surface area (Å²) in [6, 6.07) is 11.6. The van der Waals surface area contributed by atoms with Crippen LogP contribution in [0.25, 0.3) is 11.0 Å². The fourth-order valence-corrected chi connectivity index (χ4v) is 2.48. The monoisotopic (exact) mass is 335 g/mol. The Kier molecular flexibility index (Phi) is 3.96. The number of nitrogens with one attached hydrogen (secondary N) is 2. The SMILES string of the molecule is Fc1cccc(Oc2ncccc2CNc2ncnc3[nH]ccc23)c1. The second-order valence-electron chi connectivity index (χ2n) is 5.34. The Labute approximate surface area is 142 Å². The number of hydrogen-bond donors (Lipinski definition) is 2. The zero-order valence-electron chi connectivity index (χ0n) is 13.1. The quantitative estimate of drug-likeness (QED) is 0.578. The van der Waals surface area contributed by atoms with Crippen molar-refractivity contribution in [2.45, 2.75) is 6.54 Å². The van der Waals surface area contributed by atoms with Gasteiger partial charge in [-0.1, -0.05) is 12.1 Å². The number of pyridine rings is 1. The number of rotatable bonds is 5. The molecule has 0 radical (unpaired) electrons. The number of fused-ring (bicyclic) bond motifs is 1. The molecule has 4 aromatic rings. The van der Waals surface area contributed by atoms with Gasteiger partial charge < -0.3 is 15.0 Å². The van der Waals surface area contributed by atoms with Crippen molar-refractivity contribution in [1.82, 2.24) is 19.9 Å². The molecule has 7 heteroatoms. The zero-order chi connectivity index (χ0) is 17.1. The average molecular weight is 335 g/mol. The summed E-state index contributed by atoms with van der Waals surface area (Å²) in [7, 11) is 0. The summed E-state index contributed by atoms with van der Waals surface area (Å²) < 4.78 is 19.0. The maximum atomic E-state index is 13.3. The van der Waals surface area contributed by atoms with Gasteiger partial charge in [0.2, 0.25) is 5.88 Å². The minimum atomic E-state index is -0.357. The number of aromatic nitrogens is 4. The van der Waals surface area contributed by atoms with Crippen LogP contribution in [-0.4, -0.2) is 19.9 Å². The lowest BCUT2D eigenvalue weighted by Crippen LogP contribution is -2.04. The number of aromatic amines is 1. The Bertz CT molecular complexity index is 1020. The van der Waals surface area contributed by atoms with E-state index in [1.54, 1.807) is 18.3 Å². The molecule has 25 heavy (non-hydrogen) atoms. The smallest absolute Gasteiger partial charge is 0.224 e. The van der Waals surface area contributed by atoms with Gasteiger partial charge in [0.15, 0.2) is 0 Å². The van der Waals surface area contributed by atoms with Gasteiger partial charge in [-0.2, -0.15) is 0 Å². The molecule has 3 heterocycles. The Hall–Kier alpha value is -3.48. The average Bonchev–Trinajstić information content (AvgIpc) is 3.10. The number of halogens is 1. The van der Waals surface area contributed by atoms with Gasteiger partial charge in [0.25, 0.3) is 0 Å². The van der Waals surface area contributed by atoms with E-state index in [0.717, 1.165) is 16.6 Å². The predicted octanol–water partition coefficient (Wildman–Crippen LogP) is 3.90. The summed E-state index contributed by atoms with van der Waals surface area (Å²) in [5.41, 5.74) is 1.59. The molecule has 0 saturated carbocycles. The number of ether oxygens (including phenoxy) is 1. The molecular weight excluding hydrogens is 321 g/mol. The first-order valence-electron chi connectivity index (χ1n) is 7.69. The first-order valence-corrected chi connectivity index (χ1v) is 7.69. The van der Waals surface area contributed by atoms with Gasteiger partial charge in [-0.25, -0.2) is 19.3 Å². The fraction of sp³-hybridized carbons (Fsp3) is 0.0556. The molecule has 0 bridgehead atoms. The molecule has 124 valence electrons. The standard InChI is InChI=1S/C18H14FN5O/c19-13-4-1-5-14(9-13)25-18-12(3-2-7-21-18)10-22-17-15-6-8-20-16(15)23-11-24-17/h1-9,11H,10H2,(H2,20,22,23,24). The van der Waals surface area contributed by atoms with Crippen LogP contribution in [0, 0.1) is 5.82 Å². The van der Waals surface area contributed by atoms with Crippen molar-refractivity contribution in [3.63, 3.8) is 0 Å². The number of H-pyrrole nitrogens is 1. The molecule has 0 atom stereocenters. The van der Waals surface area contributed by atoms with Crippen molar-refractivity contribution in [2.75, 3.05) is 5.32 Å². The number of anilines is 1. The molecule has 0 amide bonds. The second-order valence-corrected chi connectivity index (χ2v) is 5.34. The summed E-state index contributed by atoms with van der Waals surface area (Å²) in [6.07, 6.45) is 4.94. The van der Waals surface area contributed by atoms with Gasteiger partial charge >= 0.3 is 0 Å². The van der Waals surface area contributed by atoms with E-state index in [-0.39, 0.29) is 5.82 Å². The van der Waals surface area contributed by atoms with E-state index in [1.807, 2.05) is 24.4 Å². The van der Waals surface area contributed by atoms with Gasteiger partial charge in [-0.05, 0) is 24.3 Å². The van der Waals surface area contributed by atoms with Crippen LogP contribution in [0.15, 0.2) is 61.2 Å². The number of benzene rings is 1. The van der Waals surface area contributed by atoms with Crippen molar-refractivity contribution in [2.24, 2.45) is 0 Å². The van der Waals surface area contributed by atoms with Crippen molar-refractivity contribution >= 4 is 16.9 Å².